The fraction of sp³-hybridized carbons (Fsp3) is 0.471. The van der Waals surface area contributed by atoms with Crippen molar-refractivity contribution in [1.82, 2.24) is 10.2 Å². The highest BCUT2D eigenvalue weighted by atomic mass is 35.5. The molecule has 1 atom stereocenters. The van der Waals surface area contributed by atoms with Gasteiger partial charge in [0.1, 0.15) is 0 Å². The van der Waals surface area contributed by atoms with Crippen LogP contribution < -0.4 is 5.32 Å². The standard InChI is InChI=1S/C17H23ClN2O/c1-2-11-19-12-9-16-7-8-17(21)20(16)13-10-14-3-5-15(18)6-4-14/h2-6,16,19H,1,7-13H2/t16-/m0/s1. The summed E-state index contributed by atoms with van der Waals surface area (Å²) in [5, 5.41) is 4.06. The van der Waals surface area contributed by atoms with E-state index in [4.69, 9.17) is 11.6 Å². The lowest BCUT2D eigenvalue weighted by atomic mass is 10.1. The molecule has 0 bridgehead atoms. The monoisotopic (exact) mass is 306 g/mol. The fourth-order valence-electron chi connectivity index (χ4n) is 2.77. The van der Waals surface area contributed by atoms with Crippen LogP contribution >= 0.6 is 11.6 Å². The molecular weight excluding hydrogens is 284 g/mol. The predicted molar refractivity (Wildman–Crippen MR) is 87.6 cm³/mol. The number of likely N-dealkylation sites (tertiary alicyclic amines) is 1. The number of halogens is 1. The van der Waals surface area contributed by atoms with Crippen molar-refractivity contribution in [2.75, 3.05) is 19.6 Å². The largest absolute Gasteiger partial charge is 0.339 e. The minimum absolute atomic E-state index is 0.290. The van der Waals surface area contributed by atoms with Crippen LogP contribution in [0.5, 0.6) is 0 Å². The predicted octanol–water partition coefficient (Wildman–Crippen LogP) is 3.04. The van der Waals surface area contributed by atoms with E-state index in [1.54, 1.807) is 0 Å². The van der Waals surface area contributed by atoms with E-state index < -0.39 is 0 Å². The lowest BCUT2D eigenvalue weighted by Crippen LogP contribution is -2.36. The van der Waals surface area contributed by atoms with Crippen LogP contribution in [0.15, 0.2) is 36.9 Å². The molecular formula is C17H23ClN2O. The van der Waals surface area contributed by atoms with E-state index in [9.17, 15) is 4.79 Å². The van der Waals surface area contributed by atoms with Crippen molar-refractivity contribution in [2.45, 2.75) is 31.7 Å². The Morgan fingerprint density at radius 2 is 2.14 bits per heavy atom. The van der Waals surface area contributed by atoms with Crippen LogP contribution in [0.4, 0.5) is 0 Å². The van der Waals surface area contributed by atoms with Gasteiger partial charge in [0.2, 0.25) is 5.91 Å². The van der Waals surface area contributed by atoms with Crippen LogP contribution in [0.25, 0.3) is 0 Å². The van der Waals surface area contributed by atoms with Crippen molar-refractivity contribution in [1.29, 1.82) is 0 Å². The number of carbonyl (C=O) groups excluding carboxylic acids is 1. The van der Waals surface area contributed by atoms with E-state index in [0.29, 0.717) is 12.5 Å². The maximum absolute atomic E-state index is 12.0. The SMILES string of the molecule is C=CCNCC[C@@H]1CCC(=O)N1CCc1ccc(Cl)cc1. The highest BCUT2D eigenvalue weighted by Gasteiger charge is 2.29. The summed E-state index contributed by atoms with van der Waals surface area (Å²) in [7, 11) is 0. The first-order chi connectivity index (χ1) is 10.2. The van der Waals surface area contributed by atoms with Gasteiger partial charge in [0.05, 0.1) is 0 Å². The van der Waals surface area contributed by atoms with Gasteiger partial charge in [-0.25, -0.2) is 0 Å². The molecule has 0 aliphatic carbocycles. The van der Waals surface area contributed by atoms with Crippen LogP contribution in [0.3, 0.4) is 0 Å². The number of rotatable bonds is 8. The molecule has 1 fully saturated rings. The number of nitrogens with zero attached hydrogens (tertiary/aromatic N) is 1. The quantitative estimate of drug-likeness (QED) is 0.591. The Labute approximate surface area is 132 Å². The van der Waals surface area contributed by atoms with Crippen molar-refractivity contribution in [3.8, 4) is 0 Å². The molecule has 3 nitrogen and oxygen atoms in total. The van der Waals surface area contributed by atoms with Gasteiger partial charge >= 0.3 is 0 Å². The highest BCUT2D eigenvalue weighted by molar-refractivity contribution is 6.30. The second-order valence-corrected chi connectivity index (χ2v) is 5.87. The average molecular weight is 307 g/mol. The number of benzene rings is 1. The molecule has 1 saturated heterocycles. The number of nitrogens with one attached hydrogen (secondary N) is 1. The van der Waals surface area contributed by atoms with Gasteiger partial charge < -0.3 is 10.2 Å². The molecule has 0 spiro atoms. The van der Waals surface area contributed by atoms with Gasteiger partial charge in [0.15, 0.2) is 0 Å². The summed E-state index contributed by atoms with van der Waals surface area (Å²) in [6, 6.07) is 8.24. The van der Waals surface area contributed by atoms with Gasteiger partial charge in [-0.2, -0.15) is 0 Å². The van der Waals surface area contributed by atoms with Gasteiger partial charge in [-0.15, -0.1) is 6.58 Å². The summed E-state index contributed by atoms with van der Waals surface area (Å²) >= 11 is 5.89. The molecule has 0 unspecified atom stereocenters. The summed E-state index contributed by atoms with van der Waals surface area (Å²) in [5.41, 5.74) is 1.22. The molecule has 4 heteroatoms. The van der Waals surface area contributed by atoms with E-state index in [-0.39, 0.29) is 5.91 Å². The van der Waals surface area contributed by atoms with E-state index in [1.807, 2.05) is 35.2 Å². The van der Waals surface area contributed by atoms with Crippen LogP contribution in [-0.2, 0) is 11.2 Å². The van der Waals surface area contributed by atoms with Gasteiger partial charge in [0.25, 0.3) is 0 Å². The molecule has 1 aromatic rings. The first-order valence-corrected chi connectivity index (χ1v) is 7.94. The third-order valence-corrected chi connectivity index (χ3v) is 4.20. The molecule has 114 valence electrons. The maximum Gasteiger partial charge on any atom is 0.222 e. The third kappa shape index (κ3) is 4.87. The molecule has 1 N–H and O–H groups in total. The number of hydrogen-bond acceptors (Lipinski definition) is 2. The Hall–Kier alpha value is -1.32. The maximum atomic E-state index is 12.0. The van der Waals surface area contributed by atoms with E-state index in [2.05, 4.69) is 11.9 Å². The molecule has 1 amide bonds. The van der Waals surface area contributed by atoms with E-state index in [0.717, 1.165) is 43.9 Å². The van der Waals surface area contributed by atoms with Gasteiger partial charge in [-0.1, -0.05) is 29.8 Å². The summed E-state index contributed by atoms with van der Waals surface area (Å²) in [6.45, 7) is 6.24. The molecule has 21 heavy (non-hydrogen) atoms. The molecule has 1 aliphatic rings. The van der Waals surface area contributed by atoms with Gasteiger partial charge in [-0.05, 0) is 43.5 Å². The smallest absolute Gasteiger partial charge is 0.222 e. The molecule has 2 rings (SSSR count). The Morgan fingerprint density at radius 3 is 2.86 bits per heavy atom. The fourth-order valence-corrected chi connectivity index (χ4v) is 2.90. The number of amides is 1. The Bertz CT molecular complexity index is 472. The van der Waals surface area contributed by atoms with E-state index >= 15 is 0 Å². The van der Waals surface area contributed by atoms with Crippen LogP contribution in [0.1, 0.15) is 24.8 Å². The van der Waals surface area contributed by atoms with Crippen molar-refractivity contribution < 1.29 is 4.79 Å². The lowest BCUT2D eigenvalue weighted by molar-refractivity contribution is -0.128. The summed E-state index contributed by atoms with van der Waals surface area (Å²) in [4.78, 5) is 14.1. The minimum atomic E-state index is 0.290. The zero-order valence-electron chi connectivity index (χ0n) is 12.4. The first kappa shape index (κ1) is 16.1. The molecule has 0 saturated carbocycles. The molecule has 1 aliphatic heterocycles. The molecule has 1 aromatic carbocycles. The van der Waals surface area contributed by atoms with Crippen molar-refractivity contribution >= 4 is 17.5 Å². The minimum Gasteiger partial charge on any atom is -0.339 e. The van der Waals surface area contributed by atoms with Crippen LogP contribution in [0.2, 0.25) is 5.02 Å². The van der Waals surface area contributed by atoms with Crippen molar-refractivity contribution in [3.63, 3.8) is 0 Å². The molecule has 0 radical (unpaired) electrons. The third-order valence-electron chi connectivity index (χ3n) is 3.95. The Balaban J connectivity index is 1.82. The first-order valence-electron chi connectivity index (χ1n) is 7.56. The lowest BCUT2D eigenvalue weighted by Gasteiger charge is -2.25. The zero-order chi connectivity index (χ0) is 15.1. The topological polar surface area (TPSA) is 32.3 Å². The van der Waals surface area contributed by atoms with Gasteiger partial charge in [0, 0.05) is 30.6 Å². The van der Waals surface area contributed by atoms with E-state index in [1.165, 1.54) is 5.56 Å². The zero-order valence-corrected chi connectivity index (χ0v) is 13.1. The highest BCUT2D eigenvalue weighted by Crippen LogP contribution is 2.21. The second-order valence-electron chi connectivity index (χ2n) is 5.44. The molecule has 0 aromatic heterocycles. The summed E-state index contributed by atoms with van der Waals surface area (Å²) in [6.07, 6.45) is 5.43. The Morgan fingerprint density at radius 1 is 1.38 bits per heavy atom. The number of carbonyl (C=O) groups is 1. The molecule has 1 heterocycles. The normalized spacial score (nSPS) is 18.2. The number of hydrogen-bond donors (Lipinski definition) is 1. The van der Waals surface area contributed by atoms with Gasteiger partial charge in [-0.3, -0.25) is 4.79 Å². The van der Waals surface area contributed by atoms with Crippen molar-refractivity contribution in [3.05, 3.63) is 47.5 Å². The average Bonchev–Trinajstić information content (AvgIpc) is 2.84. The van der Waals surface area contributed by atoms with Crippen molar-refractivity contribution in [2.24, 2.45) is 0 Å². The summed E-state index contributed by atoms with van der Waals surface area (Å²) < 4.78 is 0. The Kier molecular flexibility index (Phi) is 6.27. The van der Waals surface area contributed by atoms with Crippen LogP contribution in [-0.4, -0.2) is 36.5 Å². The van der Waals surface area contributed by atoms with Crippen LogP contribution in [0, 0.1) is 0 Å². The summed E-state index contributed by atoms with van der Waals surface area (Å²) in [5.74, 6) is 0.290. The second kappa shape index (κ2) is 8.20.